The Morgan fingerprint density at radius 1 is 1.60 bits per heavy atom. The van der Waals surface area contributed by atoms with Gasteiger partial charge in [-0.15, -0.1) is 0 Å². The van der Waals surface area contributed by atoms with Gasteiger partial charge in [-0.1, -0.05) is 6.92 Å². The molecule has 1 aliphatic rings. The fourth-order valence-corrected chi connectivity index (χ4v) is 2.69. The summed E-state index contributed by atoms with van der Waals surface area (Å²) < 4.78 is 0. The largest absolute Gasteiger partial charge is 0.350 e. The van der Waals surface area contributed by atoms with Crippen LogP contribution in [-0.4, -0.2) is 29.0 Å². The SMILES string of the molecule is Cc1nccc(CNC(=O)CC(C)C2CCCNC2)n1. The first-order valence-corrected chi connectivity index (χ1v) is 7.41. The normalized spacial score (nSPS) is 20.4. The predicted molar refractivity (Wildman–Crippen MR) is 78.0 cm³/mol. The average Bonchev–Trinajstić information content (AvgIpc) is 2.46. The Morgan fingerprint density at radius 2 is 2.45 bits per heavy atom. The molecule has 2 N–H and O–H groups in total. The van der Waals surface area contributed by atoms with Crippen molar-refractivity contribution in [3.8, 4) is 0 Å². The van der Waals surface area contributed by atoms with Crippen molar-refractivity contribution in [2.75, 3.05) is 13.1 Å². The molecule has 5 heteroatoms. The van der Waals surface area contributed by atoms with Gasteiger partial charge < -0.3 is 10.6 Å². The summed E-state index contributed by atoms with van der Waals surface area (Å²) in [5.41, 5.74) is 0.859. The van der Waals surface area contributed by atoms with Gasteiger partial charge in [0.1, 0.15) is 5.82 Å². The minimum Gasteiger partial charge on any atom is -0.350 e. The molecule has 2 atom stereocenters. The van der Waals surface area contributed by atoms with E-state index < -0.39 is 0 Å². The molecule has 1 amide bonds. The van der Waals surface area contributed by atoms with Crippen LogP contribution >= 0.6 is 0 Å². The van der Waals surface area contributed by atoms with Crippen LogP contribution in [0.3, 0.4) is 0 Å². The van der Waals surface area contributed by atoms with Crippen LogP contribution in [0.25, 0.3) is 0 Å². The Kier molecular flexibility index (Phi) is 5.47. The monoisotopic (exact) mass is 276 g/mol. The van der Waals surface area contributed by atoms with Crippen LogP contribution in [0.4, 0.5) is 0 Å². The molecule has 20 heavy (non-hydrogen) atoms. The van der Waals surface area contributed by atoms with E-state index in [-0.39, 0.29) is 5.91 Å². The van der Waals surface area contributed by atoms with Crippen LogP contribution in [0, 0.1) is 18.8 Å². The van der Waals surface area contributed by atoms with E-state index in [2.05, 4.69) is 27.5 Å². The highest BCUT2D eigenvalue weighted by atomic mass is 16.1. The summed E-state index contributed by atoms with van der Waals surface area (Å²) in [5, 5.41) is 6.35. The first-order valence-electron chi connectivity index (χ1n) is 7.41. The lowest BCUT2D eigenvalue weighted by atomic mass is 9.85. The van der Waals surface area contributed by atoms with Gasteiger partial charge in [0.05, 0.1) is 12.2 Å². The molecule has 0 saturated carbocycles. The van der Waals surface area contributed by atoms with Gasteiger partial charge in [-0.05, 0) is 50.8 Å². The van der Waals surface area contributed by atoms with Gasteiger partial charge in [-0.3, -0.25) is 4.79 Å². The van der Waals surface area contributed by atoms with Crippen molar-refractivity contribution < 1.29 is 4.79 Å². The molecule has 2 heterocycles. The summed E-state index contributed by atoms with van der Waals surface area (Å²) in [5.74, 6) is 1.89. The number of rotatable bonds is 5. The number of carbonyl (C=O) groups is 1. The molecular weight excluding hydrogens is 252 g/mol. The van der Waals surface area contributed by atoms with Crippen molar-refractivity contribution in [3.05, 3.63) is 23.8 Å². The summed E-state index contributed by atoms with van der Waals surface area (Å²) in [6.07, 6.45) is 4.76. The number of hydrogen-bond acceptors (Lipinski definition) is 4. The fraction of sp³-hybridized carbons (Fsp3) is 0.667. The molecule has 0 aromatic carbocycles. The maximum Gasteiger partial charge on any atom is 0.220 e. The Morgan fingerprint density at radius 3 is 3.15 bits per heavy atom. The molecule has 5 nitrogen and oxygen atoms in total. The quantitative estimate of drug-likeness (QED) is 0.853. The van der Waals surface area contributed by atoms with Crippen molar-refractivity contribution in [1.82, 2.24) is 20.6 Å². The van der Waals surface area contributed by atoms with Crippen LogP contribution in [-0.2, 0) is 11.3 Å². The molecule has 1 aliphatic heterocycles. The fourth-order valence-electron chi connectivity index (χ4n) is 2.69. The summed E-state index contributed by atoms with van der Waals surface area (Å²) in [6, 6.07) is 1.84. The third-order valence-electron chi connectivity index (χ3n) is 3.95. The van der Waals surface area contributed by atoms with Crippen molar-refractivity contribution in [1.29, 1.82) is 0 Å². The molecule has 1 fully saturated rings. The first kappa shape index (κ1) is 14.9. The highest BCUT2D eigenvalue weighted by Gasteiger charge is 2.21. The second-order valence-corrected chi connectivity index (χ2v) is 5.66. The van der Waals surface area contributed by atoms with E-state index in [1.807, 2.05) is 13.0 Å². The van der Waals surface area contributed by atoms with Crippen LogP contribution in [0.15, 0.2) is 12.3 Å². The number of nitrogens with one attached hydrogen (secondary N) is 2. The third-order valence-corrected chi connectivity index (χ3v) is 3.95. The Labute approximate surface area is 120 Å². The topological polar surface area (TPSA) is 66.9 Å². The molecule has 1 saturated heterocycles. The lowest BCUT2D eigenvalue weighted by Crippen LogP contribution is -2.35. The molecule has 0 spiro atoms. The van der Waals surface area contributed by atoms with Gasteiger partial charge in [0, 0.05) is 12.6 Å². The number of aromatic nitrogens is 2. The summed E-state index contributed by atoms with van der Waals surface area (Å²) in [6.45, 7) is 6.66. The first-order chi connectivity index (χ1) is 9.65. The van der Waals surface area contributed by atoms with Crippen LogP contribution in [0.1, 0.15) is 37.7 Å². The van der Waals surface area contributed by atoms with E-state index in [4.69, 9.17) is 0 Å². The molecule has 2 rings (SSSR count). The van der Waals surface area contributed by atoms with Gasteiger partial charge >= 0.3 is 0 Å². The maximum absolute atomic E-state index is 12.0. The maximum atomic E-state index is 12.0. The lowest BCUT2D eigenvalue weighted by molar-refractivity contribution is -0.122. The number of nitrogens with zero attached hydrogens (tertiary/aromatic N) is 2. The van der Waals surface area contributed by atoms with E-state index >= 15 is 0 Å². The van der Waals surface area contributed by atoms with Crippen LogP contribution in [0.2, 0.25) is 0 Å². The smallest absolute Gasteiger partial charge is 0.220 e. The van der Waals surface area contributed by atoms with E-state index in [1.54, 1.807) is 6.20 Å². The van der Waals surface area contributed by atoms with Crippen molar-refractivity contribution in [2.45, 2.75) is 39.7 Å². The van der Waals surface area contributed by atoms with Crippen molar-refractivity contribution in [3.63, 3.8) is 0 Å². The van der Waals surface area contributed by atoms with E-state index in [0.29, 0.717) is 24.8 Å². The second-order valence-electron chi connectivity index (χ2n) is 5.66. The highest BCUT2D eigenvalue weighted by molar-refractivity contribution is 5.76. The molecular formula is C15H24N4O. The van der Waals surface area contributed by atoms with Gasteiger partial charge in [0.15, 0.2) is 0 Å². The van der Waals surface area contributed by atoms with E-state index in [9.17, 15) is 4.79 Å². The minimum absolute atomic E-state index is 0.110. The standard InChI is InChI=1S/C15H24N4O/c1-11(13-4-3-6-16-9-13)8-15(20)18-10-14-5-7-17-12(2)19-14/h5,7,11,13,16H,3-4,6,8-10H2,1-2H3,(H,18,20). The molecule has 1 aromatic heterocycles. The molecule has 1 aromatic rings. The molecule has 2 unspecified atom stereocenters. The van der Waals surface area contributed by atoms with Crippen molar-refractivity contribution >= 4 is 5.91 Å². The zero-order valence-electron chi connectivity index (χ0n) is 12.4. The summed E-state index contributed by atoms with van der Waals surface area (Å²) in [4.78, 5) is 20.3. The summed E-state index contributed by atoms with van der Waals surface area (Å²) in [7, 11) is 0. The highest BCUT2D eigenvalue weighted by Crippen LogP contribution is 2.22. The minimum atomic E-state index is 0.110. The Hall–Kier alpha value is -1.49. The average molecular weight is 276 g/mol. The van der Waals surface area contributed by atoms with Crippen LogP contribution in [0.5, 0.6) is 0 Å². The Bertz CT molecular complexity index is 443. The molecule has 0 aliphatic carbocycles. The van der Waals surface area contributed by atoms with E-state index in [0.717, 1.165) is 24.6 Å². The molecule has 0 radical (unpaired) electrons. The Balaban J connectivity index is 1.74. The van der Waals surface area contributed by atoms with Crippen LogP contribution < -0.4 is 10.6 Å². The van der Waals surface area contributed by atoms with E-state index in [1.165, 1.54) is 12.8 Å². The summed E-state index contributed by atoms with van der Waals surface area (Å²) >= 11 is 0. The number of amides is 1. The van der Waals surface area contributed by atoms with Gasteiger partial charge in [-0.2, -0.15) is 0 Å². The second kappa shape index (κ2) is 7.33. The third kappa shape index (κ3) is 4.56. The number of aryl methyl sites for hydroxylation is 1. The molecule has 110 valence electrons. The lowest BCUT2D eigenvalue weighted by Gasteiger charge is -2.28. The molecule has 0 bridgehead atoms. The number of piperidine rings is 1. The van der Waals surface area contributed by atoms with Gasteiger partial charge in [0.25, 0.3) is 0 Å². The number of carbonyl (C=O) groups excluding carboxylic acids is 1. The van der Waals surface area contributed by atoms with Gasteiger partial charge in [-0.25, -0.2) is 9.97 Å². The number of hydrogen-bond donors (Lipinski definition) is 2. The van der Waals surface area contributed by atoms with Crippen molar-refractivity contribution in [2.24, 2.45) is 11.8 Å². The zero-order chi connectivity index (χ0) is 14.4. The van der Waals surface area contributed by atoms with Gasteiger partial charge in [0.2, 0.25) is 5.91 Å². The zero-order valence-corrected chi connectivity index (χ0v) is 12.4. The predicted octanol–water partition coefficient (Wildman–Crippen LogP) is 1.43.